The van der Waals surface area contributed by atoms with Crippen molar-refractivity contribution < 1.29 is 22.3 Å². The highest BCUT2D eigenvalue weighted by atomic mass is 32.2. The fourth-order valence-corrected chi connectivity index (χ4v) is 4.95. The predicted octanol–water partition coefficient (Wildman–Crippen LogP) is 5.03. The van der Waals surface area contributed by atoms with Gasteiger partial charge in [0.15, 0.2) is 15.6 Å². The summed E-state index contributed by atoms with van der Waals surface area (Å²) in [5, 5.41) is 0. The Balaban J connectivity index is 1.80. The Labute approximate surface area is 170 Å². The first-order chi connectivity index (χ1) is 13.7. The van der Waals surface area contributed by atoms with Gasteiger partial charge in [-0.1, -0.05) is 6.07 Å². The molecule has 2 aromatic rings. The monoisotopic (exact) mass is 414 g/mol. The fourth-order valence-electron chi connectivity index (χ4n) is 4.32. The van der Waals surface area contributed by atoms with E-state index in [1.54, 1.807) is 30.3 Å². The number of carbonyl (C=O) groups is 1. The molecule has 1 saturated carbocycles. The van der Waals surface area contributed by atoms with Gasteiger partial charge in [-0.15, -0.1) is 0 Å². The van der Waals surface area contributed by atoms with Crippen LogP contribution in [0.1, 0.15) is 60.5 Å². The number of benzene rings is 2. The lowest BCUT2D eigenvalue weighted by Gasteiger charge is -2.24. The smallest absolute Gasteiger partial charge is 0.175 e. The number of ether oxygens (including phenoxy) is 1. The number of carbonyl (C=O) groups excluding carboxylic acids is 1. The molecule has 0 radical (unpaired) electrons. The number of Topliss-reactive ketones (excluding diaryl/α,β-unsaturated/α-hetero) is 1. The highest BCUT2D eigenvalue weighted by Crippen LogP contribution is 2.51. The summed E-state index contributed by atoms with van der Waals surface area (Å²) in [6, 6.07) is 11.3. The molecule has 6 heteroatoms. The van der Waals surface area contributed by atoms with Gasteiger partial charge in [0.25, 0.3) is 0 Å². The van der Waals surface area contributed by atoms with Crippen LogP contribution in [0.25, 0.3) is 11.3 Å². The first-order valence-corrected chi connectivity index (χ1v) is 11.6. The first-order valence-electron chi connectivity index (χ1n) is 9.72. The molecule has 29 heavy (non-hydrogen) atoms. The SMILES string of the molecule is CC(=O)c1ccc(C2=C(c3ccc(S(C)(=O)=O)cc3)OC3(CCCC3)C2)cc1F. The van der Waals surface area contributed by atoms with Crippen LogP contribution < -0.4 is 0 Å². The van der Waals surface area contributed by atoms with Crippen LogP contribution in [0, 0.1) is 5.82 Å². The summed E-state index contributed by atoms with van der Waals surface area (Å²) in [6.45, 7) is 1.35. The fraction of sp³-hybridized carbons (Fsp3) is 0.348. The number of sulfone groups is 1. The molecule has 1 spiro atoms. The van der Waals surface area contributed by atoms with E-state index in [9.17, 15) is 17.6 Å². The number of hydrogen-bond donors (Lipinski definition) is 0. The Morgan fingerprint density at radius 1 is 1.03 bits per heavy atom. The van der Waals surface area contributed by atoms with E-state index in [4.69, 9.17) is 4.74 Å². The van der Waals surface area contributed by atoms with E-state index >= 15 is 0 Å². The summed E-state index contributed by atoms with van der Waals surface area (Å²) in [6.07, 6.45) is 5.90. The first kappa shape index (κ1) is 19.8. The molecular formula is C23H23FO4S. The Bertz CT molecular complexity index is 1110. The van der Waals surface area contributed by atoms with E-state index in [0.717, 1.165) is 36.8 Å². The molecule has 4 rings (SSSR count). The zero-order chi connectivity index (χ0) is 20.8. The summed E-state index contributed by atoms with van der Waals surface area (Å²) >= 11 is 0. The van der Waals surface area contributed by atoms with Gasteiger partial charge in [-0.3, -0.25) is 4.79 Å². The second-order valence-electron chi connectivity index (χ2n) is 8.02. The average Bonchev–Trinajstić information content (AvgIpc) is 3.28. The number of ketones is 1. The van der Waals surface area contributed by atoms with Gasteiger partial charge >= 0.3 is 0 Å². The lowest BCUT2D eigenvalue weighted by Crippen LogP contribution is -2.23. The van der Waals surface area contributed by atoms with Gasteiger partial charge in [0.2, 0.25) is 0 Å². The van der Waals surface area contributed by atoms with Crippen LogP contribution in [0.2, 0.25) is 0 Å². The van der Waals surface area contributed by atoms with E-state index in [0.29, 0.717) is 17.7 Å². The maximum absolute atomic E-state index is 14.5. The quantitative estimate of drug-likeness (QED) is 0.658. The summed E-state index contributed by atoms with van der Waals surface area (Å²) in [7, 11) is -3.29. The minimum Gasteiger partial charge on any atom is -0.486 e. The number of rotatable bonds is 4. The lowest BCUT2D eigenvalue weighted by atomic mass is 9.90. The molecule has 1 fully saturated rings. The van der Waals surface area contributed by atoms with Crippen LogP contribution in [0.4, 0.5) is 4.39 Å². The predicted molar refractivity (Wildman–Crippen MR) is 110 cm³/mol. The Morgan fingerprint density at radius 2 is 1.66 bits per heavy atom. The van der Waals surface area contributed by atoms with Crippen LogP contribution >= 0.6 is 0 Å². The Kier molecular flexibility index (Phi) is 4.85. The molecule has 4 nitrogen and oxygen atoms in total. The van der Waals surface area contributed by atoms with Crippen molar-refractivity contribution in [1.29, 1.82) is 0 Å². The van der Waals surface area contributed by atoms with Gasteiger partial charge in [0.05, 0.1) is 10.5 Å². The van der Waals surface area contributed by atoms with Crippen molar-refractivity contribution in [3.63, 3.8) is 0 Å². The van der Waals surface area contributed by atoms with E-state index in [2.05, 4.69) is 0 Å². The summed E-state index contributed by atoms with van der Waals surface area (Å²) < 4.78 is 44.5. The molecule has 0 saturated heterocycles. The van der Waals surface area contributed by atoms with Crippen molar-refractivity contribution in [2.24, 2.45) is 0 Å². The van der Waals surface area contributed by atoms with Crippen LogP contribution in [0.15, 0.2) is 47.4 Å². The number of halogens is 1. The summed E-state index contributed by atoms with van der Waals surface area (Å²) in [5.41, 5.74) is 2.15. The van der Waals surface area contributed by atoms with Gasteiger partial charge in [0.1, 0.15) is 17.2 Å². The van der Waals surface area contributed by atoms with Gasteiger partial charge in [0, 0.05) is 23.8 Å². The van der Waals surface area contributed by atoms with Gasteiger partial charge in [-0.2, -0.15) is 0 Å². The molecular weight excluding hydrogens is 391 g/mol. The molecule has 0 aromatic heterocycles. The van der Waals surface area contributed by atoms with Crippen LogP contribution in [-0.2, 0) is 14.6 Å². The van der Waals surface area contributed by atoms with Crippen LogP contribution in [-0.4, -0.2) is 26.1 Å². The third-order valence-electron chi connectivity index (χ3n) is 5.85. The maximum Gasteiger partial charge on any atom is 0.175 e. The molecule has 2 aromatic carbocycles. The molecule has 1 heterocycles. The van der Waals surface area contributed by atoms with Crippen molar-refractivity contribution in [2.75, 3.05) is 6.26 Å². The van der Waals surface area contributed by atoms with Gasteiger partial charge < -0.3 is 4.74 Å². The molecule has 0 bridgehead atoms. The summed E-state index contributed by atoms with van der Waals surface area (Å²) in [5.74, 6) is -0.182. The van der Waals surface area contributed by atoms with Crippen molar-refractivity contribution in [1.82, 2.24) is 0 Å². The zero-order valence-corrected chi connectivity index (χ0v) is 17.3. The lowest BCUT2D eigenvalue weighted by molar-refractivity contribution is 0.0681. The van der Waals surface area contributed by atoms with Crippen molar-refractivity contribution in [2.45, 2.75) is 49.5 Å². The number of hydrogen-bond acceptors (Lipinski definition) is 4. The van der Waals surface area contributed by atoms with Crippen molar-refractivity contribution in [3.05, 3.63) is 65.0 Å². The molecule has 152 valence electrons. The molecule has 0 unspecified atom stereocenters. The van der Waals surface area contributed by atoms with Crippen molar-refractivity contribution >= 4 is 27.0 Å². The van der Waals surface area contributed by atoms with E-state index in [1.165, 1.54) is 25.3 Å². The minimum atomic E-state index is -3.29. The molecule has 2 aliphatic rings. The maximum atomic E-state index is 14.5. The largest absolute Gasteiger partial charge is 0.486 e. The third-order valence-corrected chi connectivity index (χ3v) is 6.98. The van der Waals surface area contributed by atoms with Gasteiger partial charge in [-0.25, -0.2) is 12.8 Å². The normalized spacial score (nSPS) is 18.3. The van der Waals surface area contributed by atoms with E-state index in [1.807, 2.05) is 0 Å². The molecule has 0 N–H and O–H groups in total. The topological polar surface area (TPSA) is 60.4 Å². The molecule has 1 aliphatic heterocycles. The highest BCUT2D eigenvalue weighted by Gasteiger charge is 2.43. The summed E-state index contributed by atoms with van der Waals surface area (Å²) in [4.78, 5) is 11.8. The zero-order valence-electron chi connectivity index (χ0n) is 16.5. The van der Waals surface area contributed by atoms with E-state index < -0.39 is 15.7 Å². The molecule has 1 aliphatic carbocycles. The Morgan fingerprint density at radius 3 is 2.21 bits per heavy atom. The highest BCUT2D eigenvalue weighted by molar-refractivity contribution is 7.90. The third kappa shape index (κ3) is 3.73. The molecule has 0 atom stereocenters. The molecule has 0 amide bonds. The second kappa shape index (κ2) is 7.10. The minimum absolute atomic E-state index is 0.0721. The van der Waals surface area contributed by atoms with Crippen LogP contribution in [0.3, 0.4) is 0 Å². The van der Waals surface area contributed by atoms with Gasteiger partial charge in [-0.05, 0) is 74.6 Å². The standard InChI is InChI=1S/C23H23FO4S/c1-15(25)19-10-7-17(13-21(19)24)20-14-23(11-3-4-12-23)28-22(20)16-5-8-18(9-6-16)29(2,26)27/h5-10,13H,3-4,11-12,14H2,1-2H3. The van der Waals surface area contributed by atoms with Crippen molar-refractivity contribution in [3.8, 4) is 0 Å². The Hall–Kier alpha value is -2.47. The average molecular weight is 414 g/mol. The van der Waals surface area contributed by atoms with Crippen LogP contribution in [0.5, 0.6) is 0 Å². The second-order valence-corrected chi connectivity index (χ2v) is 10.0. The van der Waals surface area contributed by atoms with E-state index in [-0.39, 0.29) is 21.8 Å².